The SMILES string of the molecule is COc1ccc2c(c1)NC(=CC(=O)C(F)(F)F)S2. The fourth-order valence-electron chi connectivity index (χ4n) is 1.37. The van der Waals surface area contributed by atoms with Gasteiger partial charge in [0.05, 0.1) is 17.8 Å². The molecule has 0 radical (unpaired) electrons. The fourth-order valence-corrected chi connectivity index (χ4v) is 2.29. The van der Waals surface area contributed by atoms with Crippen LogP contribution in [-0.4, -0.2) is 19.1 Å². The number of halogens is 3. The second-order valence-corrected chi connectivity index (χ2v) is 4.54. The minimum absolute atomic E-state index is 0.153. The Balaban J connectivity index is 2.20. The Morgan fingerprint density at radius 2 is 2.17 bits per heavy atom. The first kappa shape index (κ1) is 12.8. The molecule has 1 heterocycles. The lowest BCUT2D eigenvalue weighted by molar-refractivity contribution is -0.165. The van der Waals surface area contributed by atoms with Crippen LogP contribution in [-0.2, 0) is 4.79 Å². The highest BCUT2D eigenvalue weighted by atomic mass is 32.2. The molecular formula is C11H8F3NO2S. The maximum atomic E-state index is 12.1. The second-order valence-electron chi connectivity index (χ2n) is 3.46. The van der Waals surface area contributed by atoms with Crippen molar-refractivity contribution in [1.82, 2.24) is 0 Å². The van der Waals surface area contributed by atoms with E-state index in [4.69, 9.17) is 4.74 Å². The number of benzene rings is 1. The third-order valence-corrected chi connectivity index (χ3v) is 3.22. The molecule has 0 spiro atoms. The molecule has 0 aromatic heterocycles. The van der Waals surface area contributed by atoms with Crippen LogP contribution in [0.4, 0.5) is 18.9 Å². The Kier molecular flexibility index (Phi) is 3.25. The zero-order chi connectivity index (χ0) is 13.3. The van der Waals surface area contributed by atoms with Gasteiger partial charge in [0.15, 0.2) is 0 Å². The number of allylic oxidation sites excluding steroid dienone is 1. The van der Waals surface area contributed by atoms with Gasteiger partial charge in [0.1, 0.15) is 5.75 Å². The van der Waals surface area contributed by atoms with Gasteiger partial charge in [-0.2, -0.15) is 13.2 Å². The van der Waals surface area contributed by atoms with Crippen molar-refractivity contribution in [2.24, 2.45) is 0 Å². The molecule has 0 atom stereocenters. The van der Waals surface area contributed by atoms with Crippen LogP contribution in [0.15, 0.2) is 34.2 Å². The van der Waals surface area contributed by atoms with Crippen molar-refractivity contribution < 1.29 is 22.7 Å². The number of thioether (sulfide) groups is 1. The van der Waals surface area contributed by atoms with Crippen LogP contribution in [0.2, 0.25) is 0 Å². The van der Waals surface area contributed by atoms with Gasteiger partial charge in [-0.3, -0.25) is 4.79 Å². The first-order valence-corrected chi connectivity index (χ1v) is 5.67. The van der Waals surface area contributed by atoms with E-state index in [1.165, 1.54) is 7.11 Å². The summed E-state index contributed by atoms with van der Waals surface area (Å²) < 4.78 is 41.3. The number of alkyl halides is 3. The van der Waals surface area contributed by atoms with Crippen LogP contribution >= 0.6 is 11.8 Å². The summed E-state index contributed by atoms with van der Waals surface area (Å²) >= 11 is 1.07. The first-order valence-electron chi connectivity index (χ1n) is 4.86. The van der Waals surface area contributed by atoms with Crippen LogP contribution in [0.1, 0.15) is 0 Å². The molecule has 1 aromatic carbocycles. The summed E-state index contributed by atoms with van der Waals surface area (Å²) in [4.78, 5) is 11.6. The number of hydrogen-bond acceptors (Lipinski definition) is 4. The summed E-state index contributed by atoms with van der Waals surface area (Å²) in [6.07, 6.45) is -4.29. The van der Waals surface area contributed by atoms with Crippen molar-refractivity contribution in [3.05, 3.63) is 29.3 Å². The third kappa shape index (κ3) is 2.61. The van der Waals surface area contributed by atoms with Crippen LogP contribution < -0.4 is 10.1 Å². The number of nitrogens with one attached hydrogen (secondary N) is 1. The second kappa shape index (κ2) is 4.56. The number of rotatable bonds is 2. The van der Waals surface area contributed by atoms with E-state index in [1.807, 2.05) is 0 Å². The molecule has 0 saturated heterocycles. The van der Waals surface area contributed by atoms with E-state index in [9.17, 15) is 18.0 Å². The number of anilines is 1. The van der Waals surface area contributed by atoms with Crippen LogP contribution in [0.5, 0.6) is 5.75 Å². The molecule has 0 unspecified atom stereocenters. The minimum atomic E-state index is -4.85. The molecule has 1 N–H and O–H groups in total. The molecule has 1 aliphatic rings. The largest absolute Gasteiger partial charge is 0.497 e. The molecule has 0 saturated carbocycles. The molecular weight excluding hydrogens is 267 g/mol. The van der Waals surface area contributed by atoms with Crippen LogP contribution in [0, 0.1) is 0 Å². The Bertz CT molecular complexity index is 526. The monoisotopic (exact) mass is 275 g/mol. The van der Waals surface area contributed by atoms with E-state index in [-0.39, 0.29) is 5.03 Å². The third-order valence-electron chi connectivity index (χ3n) is 2.21. The number of carbonyl (C=O) groups is 1. The lowest BCUT2D eigenvalue weighted by Crippen LogP contribution is -2.20. The Labute approximate surface area is 105 Å². The number of ketones is 1. The molecule has 2 rings (SSSR count). The van der Waals surface area contributed by atoms with Crippen LogP contribution in [0.25, 0.3) is 0 Å². The topological polar surface area (TPSA) is 38.3 Å². The molecule has 7 heteroatoms. The van der Waals surface area contributed by atoms with Crippen molar-refractivity contribution in [2.45, 2.75) is 11.1 Å². The summed E-state index contributed by atoms with van der Waals surface area (Å²) in [6, 6.07) is 5.06. The lowest BCUT2D eigenvalue weighted by Gasteiger charge is -2.03. The van der Waals surface area contributed by atoms with Crippen LogP contribution in [0.3, 0.4) is 0 Å². The standard InChI is InChI=1S/C11H8F3NO2S/c1-17-6-2-3-8-7(4-6)15-10(18-8)5-9(16)11(12,13)14/h2-5,15H,1H3. The van der Waals surface area contributed by atoms with Crippen molar-refractivity contribution in [3.8, 4) is 5.75 Å². The smallest absolute Gasteiger partial charge is 0.454 e. The molecule has 18 heavy (non-hydrogen) atoms. The minimum Gasteiger partial charge on any atom is -0.497 e. The van der Waals surface area contributed by atoms with Gasteiger partial charge in [0.2, 0.25) is 0 Å². The lowest BCUT2D eigenvalue weighted by atomic mass is 10.3. The number of methoxy groups -OCH3 is 1. The van der Waals surface area contributed by atoms with E-state index in [1.54, 1.807) is 18.2 Å². The van der Waals surface area contributed by atoms with Gasteiger partial charge in [-0.15, -0.1) is 0 Å². The van der Waals surface area contributed by atoms with E-state index in [0.29, 0.717) is 17.5 Å². The van der Waals surface area contributed by atoms with Gasteiger partial charge in [0.25, 0.3) is 5.78 Å². The molecule has 0 fully saturated rings. The molecule has 3 nitrogen and oxygen atoms in total. The van der Waals surface area contributed by atoms with Crippen molar-refractivity contribution in [3.63, 3.8) is 0 Å². The summed E-state index contributed by atoms with van der Waals surface area (Å²) in [7, 11) is 1.49. The van der Waals surface area contributed by atoms with Crippen molar-refractivity contribution in [1.29, 1.82) is 0 Å². The fraction of sp³-hybridized carbons (Fsp3) is 0.182. The zero-order valence-corrected chi connectivity index (χ0v) is 9.98. The van der Waals surface area contributed by atoms with Gasteiger partial charge < -0.3 is 10.1 Å². The van der Waals surface area contributed by atoms with Crippen molar-refractivity contribution in [2.75, 3.05) is 12.4 Å². The molecule has 1 aliphatic heterocycles. The summed E-state index contributed by atoms with van der Waals surface area (Å²) in [5.41, 5.74) is 0.626. The Morgan fingerprint density at radius 3 is 2.78 bits per heavy atom. The highest BCUT2D eigenvalue weighted by Gasteiger charge is 2.37. The van der Waals surface area contributed by atoms with Gasteiger partial charge in [-0.05, 0) is 12.1 Å². The van der Waals surface area contributed by atoms with Gasteiger partial charge >= 0.3 is 6.18 Å². The summed E-state index contributed by atoms with van der Waals surface area (Å²) in [5, 5.41) is 2.89. The highest BCUT2D eigenvalue weighted by molar-refractivity contribution is 8.03. The van der Waals surface area contributed by atoms with E-state index in [2.05, 4.69) is 5.32 Å². The highest BCUT2D eigenvalue weighted by Crippen LogP contribution is 2.42. The predicted molar refractivity (Wildman–Crippen MR) is 61.6 cm³/mol. The molecule has 96 valence electrons. The Hall–Kier alpha value is -1.63. The van der Waals surface area contributed by atoms with Crippen molar-refractivity contribution >= 4 is 23.2 Å². The molecule has 1 aromatic rings. The van der Waals surface area contributed by atoms with E-state index in [0.717, 1.165) is 16.7 Å². The quantitative estimate of drug-likeness (QED) is 0.841. The number of fused-ring (bicyclic) bond motifs is 1. The average molecular weight is 275 g/mol. The Morgan fingerprint density at radius 1 is 1.44 bits per heavy atom. The van der Waals surface area contributed by atoms with Gasteiger partial charge in [0, 0.05) is 17.0 Å². The molecule has 0 amide bonds. The summed E-state index contributed by atoms with van der Waals surface area (Å²) in [5.74, 6) is -1.29. The zero-order valence-electron chi connectivity index (χ0n) is 9.17. The molecule has 0 bridgehead atoms. The maximum Gasteiger partial charge on any atom is 0.454 e. The predicted octanol–water partition coefficient (Wildman–Crippen LogP) is 3.19. The summed E-state index contributed by atoms with van der Waals surface area (Å²) in [6.45, 7) is 0. The first-order chi connectivity index (χ1) is 8.40. The normalized spacial score (nSPS) is 16.3. The maximum absolute atomic E-state index is 12.1. The molecule has 0 aliphatic carbocycles. The van der Waals surface area contributed by atoms with E-state index < -0.39 is 12.0 Å². The number of ether oxygens (including phenoxy) is 1. The average Bonchev–Trinajstić information content (AvgIpc) is 2.68. The van der Waals surface area contributed by atoms with E-state index >= 15 is 0 Å². The van der Waals surface area contributed by atoms with Gasteiger partial charge in [-0.1, -0.05) is 11.8 Å². The van der Waals surface area contributed by atoms with Gasteiger partial charge in [-0.25, -0.2) is 0 Å². The number of hydrogen-bond donors (Lipinski definition) is 1. The number of carbonyl (C=O) groups excluding carboxylic acids is 1.